The van der Waals surface area contributed by atoms with Gasteiger partial charge in [-0.3, -0.25) is 0 Å². The van der Waals surface area contributed by atoms with Crippen LogP contribution in [-0.2, 0) is 9.47 Å². The molecular weight excluding hydrogens is 406 g/mol. The Balaban J connectivity index is 1.09. The Bertz CT molecular complexity index is 558. The molecule has 0 aromatic rings. The van der Waals surface area contributed by atoms with Crippen molar-refractivity contribution in [3.8, 4) is 0 Å². The number of hydrogen-bond acceptors (Lipinski definition) is 2. The fourth-order valence-electron chi connectivity index (χ4n) is 7.07. The lowest BCUT2D eigenvalue weighted by Gasteiger charge is -2.41. The normalized spacial score (nSPS) is 41.2. The molecule has 1 saturated heterocycles. The zero-order valence-electron chi connectivity index (χ0n) is 20.3. The van der Waals surface area contributed by atoms with Gasteiger partial charge in [-0.2, -0.15) is 8.78 Å². The topological polar surface area (TPSA) is 18.5 Å². The molecule has 3 aliphatic carbocycles. The van der Waals surface area contributed by atoms with E-state index in [-0.39, 0.29) is 6.29 Å². The third-order valence-electron chi connectivity index (χ3n) is 9.51. The van der Waals surface area contributed by atoms with E-state index in [4.69, 9.17) is 9.47 Å². The molecule has 0 bridgehead atoms. The number of halogens is 2. The summed E-state index contributed by atoms with van der Waals surface area (Å²) in [6.45, 7) is 4.13. The fraction of sp³-hybridized carbons (Fsp3) is 0.929. The summed E-state index contributed by atoms with van der Waals surface area (Å²) in [5, 5.41) is 0. The second-order valence-electron chi connectivity index (χ2n) is 11.8. The molecule has 0 atom stereocenters. The summed E-state index contributed by atoms with van der Waals surface area (Å²) in [7, 11) is 0. The van der Waals surface area contributed by atoms with Crippen LogP contribution in [0.1, 0.15) is 103 Å². The van der Waals surface area contributed by atoms with Gasteiger partial charge < -0.3 is 9.47 Å². The van der Waals surface area contributed by atoms with Crippen molar-refractivity contribution in [3.63, 3.8) is 0 Å². The molecule has 4 fully saturated rings. The standard InChI is InChI=1S/C28H46F2O2/c1-20-2-4-21(5-3-20)6-7-22-8-13-24(14-9-22)26-18-31-28(32-19-26)25-15-10-23(11-16-25)12-17-27(29)30/h17,20-26,28H,2-16,18-19H2,1H3. The Kier molecular flexibility index (Phi) is 9.46. The average Bonchev–Trinajstić information content (AvgIpc) is 2.83. The van der Waals surface area contributed by atoms with Crippen molar-refractivity contribution >= 4 is 0 Å². The van der Waals surface area contributed by atoms with Gasteiger partial charge in [0.2, 0.25) is 0 Å². The lowest BCUT2D eigenvalue weighted by molar-refractivity contribution is -0.237. The van der Waals surface area contributed by atoms with Crippen molar-refractivity contribution in [3.05, 3.63) is 12.2 Å². The van der Waals surface area contributed by atoms with Gasteiger partial charge in [0.05, 0.1) is 13.2 Å². The highest BCUT2D eigenvalue weighted by Gasteiger charge is 2.36. The lowest BCUT2D eigenvalue weighted by atomic mass is 9.73. The predicted molar refractivity (Wildman–Crippen MR) is 125 cm³/mol. The van der Waals surface area contributed by atoms with Gasteiger partial charge in [0.15, 0.2) is 6.29 Å². The Morgan fingerprint density at radius 2 is 1.16 bits per heavy atom. The summed E-state index contributed by atoms with van der Waals surface area (Å²) < 4.78 is 37.1. The third kappa shape index (κ3) is 7.26. The van der Waals surface area contributed by atoms with E-state index < -0.39 is 6.08 Å². The molecule has 1 heterocycles. The Labute approximate surface area is 194 Å². The fourth-order valence-corrected chi connectivity index (χ4v) is 7.07. The highest BCUT2D eigenvalue weighted by atomic mass is 19.3. The van der Waals surface area contributed by atoms with Crippen molar-refractivity contribution in [2.45, 2.75) is 110 Å². The van der Waals surface area contributed by atoms with E-state index in [1.165, 1.54) is 64.2 Å². The van der Waals surface area contributed by atoms with Crippen LogP contribution in [0.3, 0.4) is 0 Å². The highest BCUT2D eigenvalue weighted by Crippen LogP contribution is 2.41. The van der Waals surface area contributed by atoms with Gasteiger partial charge in [0.25, 0.3) is 6.08 Å². The maximum Gasteiger partial charge on any atom is 0.266 e. The minimum atomic E-state index is -1.54. The van der Waals surface area contributed by atoms with E-state index in [1.807, 2.05) is 0 Å². The van der Waals surface area contributed by atoms with Crippen LogP contribution in [0, 0.1) is 41.4 Å². The van der Waals surface area contributed by atoms with Crippen LogP contribution in [0.2, 0.25) is 0 Å². The largest absolute Gasteiger partial charge is 0.352 e. The SMILES string of the molecule is CC1CCC(CCC2CCC(C3COC(C4CCC(CC=C(F)F)CC4)OC3)CC2)CC1. The van der Waals surface area contributed by atoms with E-state index in [1.54, 1.807) is 0 Å². The average molecular weight is 453 g/mol. The maximum atomic E-state index is 12.3. The van der Waals surface area contributed by atoms with Gasteiger partial charge in [-0.15, -0.1) is 0 Å². The zero-order chi connectivity index (χ0) is 22.3. The van der Waals surface area contributed by atoms with E-state index in [9.17, 15) is 8.78 Å². The first-order valence-corrected chi connectivity index (χ1v) is 13.8. The van der Waals surface area contributed by atoms with Crippen LogP contribution >= 0.6 is 0 Å². The summed E-state index contributed by atoms with van der Waals surface area (Å²) in [6, 6.07) is 0. The Hall–Kier alpha value is -0.480. The molecular formula is C28H46F2O2. The maximum absolute atomic E-state index is 12.3. The summed E-state index contributed by atoms with van der Waals surface area (Å²) in [5.41, 5.74) is 0. The van der Waals surface area contributed by atoms with E-state index in [0.717, 1.165) is 68.6 Å². The van der Waals surface area contributed by atoms with Crippen LogP contribution in [0.15, 0.2) is 12.2 Å². The molecule has 0 aromatic heterocycles. The first-order chi connectivity index (χ1) is 15.6. The van der Waals surface area contributed by atoms with E-state index >= 15 is 0 Å². The predicted octanol–water partition coefficient (Wildman–Crippen LogP) is 8.37. The molecule has 4 rings (SSSR count). The van der Waals surface area contributed by atoms with Crippen LogP contribution in [0.5, 0.6) is 0 Å². The van der Waals surface area contributed by atoms with Gasteiger partial charge in [-0.05, 0) is 80.6 Å². The molecule has 0 radical (unpaired) electrons. The first kappa shape index (κ1) is 24.6. The molecule has 32 heavy (non-hydrogen) atoms. The van der Waals surface area contributed by atoms with Gasteiger partial charge in [0, 0.05) is 11.8 Å². The van der Waals surface area contributed by atoms with Crippen molar-refractivity contribution in [2.75, 3.05) is 13.2 Å². The highest BCUT2D eigenvalue weighted by molar-refractivity contribution is 4.87. The van der Waals surface area contributed by atoms with Gasteiger partial charge in [-0.25, -0.2) is 0 Å². The zero-order valence-corrected chi connectivity index (χ0v) is 20.3. The second kappa shape index (κ2) is 12.3. The molecule has 2 nitrogen and oxygen atoms in total. The van der Waals surface area contributed by atoms with Crippen LogP contribution < -0.4 is 0 Å². The van der Waals surface area contributed by atoms with E-state index in [0.29, 0.717) is 24.2 Å². The Morgan fingerprint density at radius 3 is 1.72 bits per heavy atom. The first-order valence-electron chi connectivity index (χ1n) is 13.8. The number of allylic oxidation sites excluding steroid dienone is 1. The molecule has 0 amide bonds. The minimum absolute atomic E-state index is 0.0600. The number of ether oxygens (including phenoxy) is 2. The lowest BCUT2D eigenvalue weighted by Crippen LogP contribution is -2.41. The summed E-state index contributed by atoms with van der Waals surface area (Å²) in [6.07, 6.45) is 18.5. The molecule has 1 aliphatic heterocycles. The molecule has 4 heteroatoms. The Morgan fingerprint density at radius 1 is 0.656 bits per heavy atom. The van der Waals surface area contributed by atoms with Crippen LogP contribution in [-0.4, -0.2) is 19.5 Å². The minimum Gasteiger partial charge on any atom is -0.352 e. The van der Waals surface area contributed by atoms with Crippen molar-refractivity contribution in [1.82, 2.24) is 0 Å². The molecule has 184 valence electrons. The molecule has 0 unspecified atom stereocenters. The van der Waals surface area contributed by atoms with Gasteiger partial charge in [-0.1, -0.05) is 58.3 Å². The summed E-state index contributed by atoms with van der Waals surface area (Å²) >= 11 is 0. The molecule has 0 N–H and O–H groups in total. The van der Waals surface area contributed by atoms with E-state index in [2.05, 4.69) is 6.92 Å². The quantitative estimate of drug-likeness (QED) is 0.386. The van der Waals surface area contributed by atoms with Gasteiger partial charge in [0.1, 0.15) is 0 Å². The van der Waals surface area contributed by atoms with Crippen LogP contribution in [0.4, 0.5) is 8.78 Å². The van der Waals surface area contributed by atoms with Crippen molar-refractivity contribution in [1.29, 1.82) is 0 Å². The van der Waals surface area contributed by atoms with Crippen molar-refractivity contribution in [2.24, 2.45) is 41.4 Å². The van der Waals surface area contributed by atoms with Gasteiger partial charge >= 0.3 is 0 Å². The molecule has 3 saturated carbocycles. The monoisotopic (exact) mass is 452 g/mol. The summed E-state index contributed by atoms with van der Waals surface area (Å²) in [5.74, 6) is 5.14. The number of rotatable bonds is 7. The summed E-state index contributed by atoms with van der Waals surface area (Å²) in [4.78, 5) is 0. The molecule has 0 spiro atoms. The second-order valence-corrected chi connectivity index (χ2v) is 11.8. The molecule has 0 aromatic carbocycles. The smallest absolute Gasteiger partial charge is 0.266 e. The molecule has 4 aliphatic rings. The third-order valence-corrected chi connectivity index (χ3v) is 9.51. The van der Waals surface area contributed by atoms with Crippen molar-refractivity contribution < 1.29 is 18.3 Å². The number of hydrogen-bond donors (Lipinski definition) is 0. The van der Waals surface area contributed by atoms with Crippen LogP contribution in [0.25, 0.3) is 0 Å².